The number of carboxylic acids is 2. The van der Waals surface area contributed by atoms with Gasteiger partial charge in [0.05, 0.1) is 0 Å². The minimum Gasteiger partial charge on any atom is -0.478 e. The summed E-state index contributed by atoms with van der Waals surface area (Å²) >= 11 is 0. The van der Waals surface area contributed by atoms with E-state index in [1.807, 2.05) is 42.6 Å². The lowest BCUT2D eigenvalue weighted by molar-refractivity contribution is -0.134. The van der Waals surface area contributed by atoms with Gasteiger partial charge in [0.15, 0.2) is 0 Å². The van der Waals surface area contributed by atoms with E-state index < -0.39 is 11.9 Å². The molecular weight excluding hydrogens is 320 g/mol. The van der Waals surface area contributed by atoms with Crippen molar-refractivity contribution in [3.63, 3.8) is 0 Å². The zero-order valence-corrected chi connectivity index (χ0v) is 14.2. The number of carbonyl (C=O) groups is 2. The SMILES string of the molecule is CC(C)(c1ccccn1)C(N)c1ccccc1.O=C(O)C=CC(=O)O. The van der Waals surface area contributed by atoms with Gasteiger partial charge in [0.1, 0.15) is 0 Å². The lowest BCUT2D eigenvalue weighted by atomic mass is 9.78. The molecule has 1 heterocycles. The Kier molecular flexibility index (Phi) is 7.49. The highest BCUT2D eigenvalue weighted by Crippen LogP contribution is 2.33. The second-order valence-electron chi connectivity index (χ2n) is 5.83. The number of aromatic nitrogens is 1. The number of aliphatic carboxylic acids is 2. The molecule has 132 valence electrons. The smallest absolute Gasteiger partial charge is 0.328 e. The number of benzene rings is 1. The van der Waals surface area contributed by atoms with Gasteiger partial charge in [-0.3, -0.25) is 4.98 Å². The summed E-state index contributed by atoms with van der Waals surface area (Å²) < 4.78 is 0. The molecule has 2 aromatic rings. The van der Waals surface area contributed by atoms with E-state index >= 15 is 0 Å². The molecule has 1 unspecified atom stereocenters. The van der Waals surface area contributed by atoms with Crippen LogP contribution in [-0.4, -0.2) is 27.1 Å². The number of nitrogens with zero attached hydrogens (tertiary/aromatic N) is 1. The lowest BCUT2D eigenvalue weighted by Gasteiger charge is -2.31. The molecule has 2 rings (SSSR count). The van der Waals surface area contributed by atoms with Gasteiger partial charge in [-0.15, -0.1) is 0 Å². The molecule has 25 heavy (non-hydrogen) atoms. The maximum absolute atomic E-state index is 9.55. The van der Waals surface area contributed by atoms with Crippen LogP contribution in [0.1, 0.15) is 31.1 Å². The van der Waals surface area contributed by atoms with Crippen molar-refractivity contribution < 1.29 is 19.8 Å². The first-order valence-electron chi connectivity index (χ1n) is 7.61. The Morgan fingerprint density at radius 2 is 1.52 bits per heavy atom. The zero-order chi connectivity index (χ0) is 18.9. The summed E-state index contributed by atoms with van der Waals surface area (Å²) in [6.07, 6.45) is 2.93. The van der Waals surface area contributed by atoms with Crippen LogP contribution in [0, 0.1) is 0 Å². The molecule has 0 aliphatic rings. The Bertz CT molecular complexity index is 697. The second-order valence-corrected chi connectivity index (χ2v) is 5.83. The third-order valence-corrected chi connectivity index (χ3v) is 3.63. The monoisotopic (exact) mass is 342 g/mol. The quantitative estimate of drug-likeness (QED) is 0.720. The highest BCUT2D eigenvalue weighted by molar-refractivity contribution is 5.89. The molecule has 0 amide bonds. The van der Waals surface area contributed by atoms with Crippen LogP contribution in [-0.2, 0) is 15.0 Å². The Hall–Kier alpha value is -2.99. The van der Waals surface area contributed by atoms with Crippen molar-refractivity contribution in [2.24, 2.45) is 5.73 Å². The number of carboxylic acid groups (broad SMARTS) is 2. The fourth-order valence-corrected chi connectivity index (χ4v) is 2.12. The van der Waals surface area contributed by atoms with Gasteiger partial charge < -0.3 is 15.9 Å². The van der Waals surface area contributed by atoms with Gasteiger partial charge in [-0.25, -0.2) is 9.59 Å². The fourth-order valence-electron chi connectivity index (χ4n) is 2.12. The molecule has 1 aromatic carbocycles. The zero-order valence-electron chi connectivity index (χ0n) is 14.2. The molecule has 0 bridgehead atoms. The van der Waals surface area contributed by atoms with Crippen LogP contribution in [0.4, 0.5) is 0 Å². The Labute approximate surface area is 146 Å². The molecule has 0 aliphatic heterocycles. The van der Waals surface area contributed by atoms with Crippen LogP contribution < -0.4 is 5.73 Å². The first-order valence-corrected chi connectivity index (χ1v) is 7.61. The number of hydrogen-bond donors (Lipinski definition) is 3. The van der Waals surface area contributed by atoms with Gasteiger partial charge in [0.25, 0.3) is 0 Å². The van der Waals surface area contributed by atoms with Gasteiger partial charge in [0, 0.05) is 35.5 Å². The molecule has 0 saturated carbocycles. The fraction of sp³-hybridized carbons (Fsp3) is 0.211. The van der Waals surface area contributed by atoms with Crippen LogP contribution in [0.15, 0.2) is 66.9 Å². The van der Waals surface area contributed by atoms with Gasteiger partial charge in [-0.1, -0.05) is 50.2 Å². The van der Waals surface area contributed by atoms with Crippen LogP contribution in [0.25, 0.3) is 0 Å². The Morgan fingerprint density at radius 3 is 1.96 bits per heavy atom. The third kappa shape index (κ3) is 6.56. The van der Waals surface area contributed by atoms with Crippen LogP contribution in [0.5, 0.6) is 0 Å². The Morgan fingerprint density at radius 1 is 1.00 bits per heavy atom. The average molecular weight is 342 g/mol. The van der Waals surface area contributed by atoms with Gasteiger partial charge >= 0.3 is 11.9 Å². The van der Waals surface area contributed by atoms with E-state index in [0.29, 0.717) is 12.2 Å². The maximum atomic E-state index is 9.55. The van der Waals surface area contributed by atoms with E-state index in [-0.39, 0.29) is 11.5 Å². The minimum atomic E-state index is -1.26. The molecular formula is C19H22N2O4. The summed E-state index contributed by atoms with van der Waals surface area (Å²) in [7, 11) is 0. The van der Waals surface area contributed by atoms with Crippen LogP contribution in [0.2, 0.25) is 0 Å². The van der Waals surface area contributed by atoms with E-state index in [2.05, 4.69) is 31.0 Å². The third-order valence-electron chi connectivity index (χ3n) is 3.63. The summed E-state index contributed by atoms with van der Waals surface area (Å²) in [5.41, 5.74) is 8.35. The highest BCUT2D eigenvalue weighted by atomic mass is 16.4. The number of pyridine rings is 1. The first-order chi connectivity index (χ1) is 11.7. The molecule has 0 fully saturated rings. The standard InChI is InChI=1S/C15H18N2.C4H4O4/c1-15(2,13-10-6-7-11-17-13)14(16)12-8-4-3-5-9-12;5-3(6)1-2-4(7)8/h3-11,14H,16H2,1-2H3;1-2H,(H,5,6)(H,7,8). The molecule has 1 aromatic heterocycles. The molecule has 0 aliphatic carbocycles. The normalized spacial score (nSPS) is 12.1. The predicted molar refractivity (Wildman–Crippen MR) is 95.0 cm³/mol. The van der Waals surface area contributed by atoms with E-state index in [1.165, 1.54) is 0 Å². The maximum Gasteiger partial charge on any atom is 0.328 e. The summed E-state index contributed by atoms with van der Waals surface area (Å²) in [6, 6.07) is 16.1. The van der Waals surface area contributed by atoms with Crippen molar-refractivity contribution >= 4 is 11.9 Å². The first kappa shape index (κ1) is 20.1. The predicted octanol–water partition coefficient (Wildman–Crippen LogP) is 2.77. The molecule has 1 atom stereocenters. The molecule has 4 N–H and O–H groups in total. The van der Waals surface area contributed by atoms with Crippen molar-refractivity contribution in [1.29, 1.82) is 0 Å². The molecule has 6 heteroatoms. The molecule has 0 spiro atoms. The van der Waals surface area contributed by atoms with Crippen molar-refractivity contribution in [3.05, 3.63) is 78.1 Å². The van der Waals surface area contributed by atoms with Gasteiger partial charge in [0.2, 0.25) is 0 Å². The van der Waals surface area contributed by atoms with E-state index in [0.717, 1.165) is 11.3 Å². The summed E-state index contributed by atoms with van der Waals surface area (Å²) in [6.45, 7) is 4.26. The highest BCUT2D eigenvalue weighted by Gasteiger charge is 2.30. The topological polar surface area (TPSA) is 114 Å². The van der Waals surface area contributed by atoms with Crippen molar-refractivity contribution in [2.45, 2.75) is 25.3 Å². The van der Waals surface area contributed by atoms with Gasteiger partial charge in [-0.2, -0.15) is 0 Å². The van der Waals surface area contributed by atoms with Crippen molar-refractivity contribution in [3.8, 4) is 0 Å². The summed E-state index contributed by atoms with van der Waals surface area (Å²) in [4.78, 5) is 23.5. The van der Waals surface area contributed by atoms with E-state index in [4.69, 9.17) is 15.9 Å². The summed E-state index contributed by atoms with van der Waals surface area (Å²) in [5, 5.41) is 15.6. The number of hydrogen-bond acceptors (Lipinski definition) is 4. The van der Waals surface area contributed by atoms with Crippen molar-refractivity contribution in [1.82, 2.24) is 4.98 Å². The number of rotatable bonds is 5. The molecule has 0 radical (unpaired) electrons. The molecule has 0 saturated heterocycles. The lowest BCUT2D eigenvalue weighted by Crippen LogP contribution is -2.33. The van der Waals surface area contributed by atoms with E-state index in [9.17, 15) is 9.59 Å². The van der Waals surface area contributed by atoms with Crippen LogP contribution >= 0.6 is 0 Å². The van der Waals surface area contributed by atoms with E-state index in [1.54, 1.807) is 0 Å². The van der Waals surface area contributed by atoms with Crippen LogP contribution in [0.3, 0.4) is 0 Å². The number of nitrogens with two attached hydrogens (primary N) is 1. The van der Waals surface area contributed by atoms with Gasteiger partial charge in [-0.05, 0) is 17.7 Å². The average Bonchev–Trinajstić information content (AvgIpc) is 2.61. The summed E-state index contributed by atoms with van der Waals surface area (Å²) in [5.74, 6) is -2.51. The second kappa shape index (κ2) is 9.34. The largest absolute Gasteiger partial charge is 0.478 e. The molecule has 6 nitrogen and oxygen atoms in total. The Balaban J connectivity index is 0.000000333. The minimum absolute atomic E-state index is 0.0569. The van der Waals surface area contributed by atoms with Crippen molar-refractivity contribution in [2.75, 3.05) is 0 Å².